The lowest BCUT2D eigenvalue weighted by atomic mass is 10.1. The molecule has 1 saturated heterocycles. The van der Waals surface area contributed by atoms with Gasteiger partial charge in [0, 0.05) is 19.2 Å². The number of nitrogens with one attached hydrogen (secondary N) is 1. The predicted octanol–water partition coefficient (Wildman–Crippen LogP) is 1.86. The maximum absolute atomic E-state index is 12.4. The minimum Gasteiger partial charge on any atom is -0.486 e. The molecule has 24 heavy (non-hydrogen) atoms. The van der Waals surface area contributed by atoms with Crippen molar-refractivity contribution in [3.8, 4) is 11.5 Å². The van der Waals surface area contributed by atoms with Gasteiger partial charge >= 0.3 is 0 Å². The van der Waals surface area contributed by atoms with E-state index >= 15 is 0 Å². The normalized spacial score (nSPS) is 20.2. The second-order valence-electron chi connectivity index (χ2n) is 5.61. The number of benzene rings is 1. The summed E-state index contributed by atoms with van der Waals surface area (Å²) in [6.45, 7) is 3.81. The molecule has 0 bridgehead atoms. The zero-order chi connectivity index (χ0) is 17.1. The molecule has 2 aliphatic heterocycles. The van der Waals surface area contributed by atoms with E-state index in [1.54, 1.807) is 23.1 Å². The molecule has 0 aromatic heterocycles. The van der Waals surface area contributed by atoms with Crippen molar-refractivity contribution in [1.82, 2.24) is 10.2 Å². The van der Waals surface area contributed by atoms with Gasteiger partial charge in [-0.05, 0) is 30.2 Å². The quantitative estimate of drug-likeness (QED) is 0.845. The number of carbonyl (C=O) groups excluding carboxylic acids is 2. The zero-order valence-corrected chi connectivity index (χ0v) is 14.1. The van der Waals surface area contributed by atoms with Gasteiger partial charge in [-0.3, -0.25) is 9.59 Å². The summed E-state index contributed by atoms with van der Waals surface area (Å²) in [6.07, 6.45) is 3.72. The smallest absolute Gasteiger partial charge is 0.247 e. The lowest BCUT2D eigenvalue weighted by molar-refractivity contribution is -0.140. The predicted molar refractivity (Wildman–Crippen MR) is 90.3 cm³/mol. The van der Waals surface area contributed by atoms with Gasteiger partial charge in [0.05, 0.1) is 5.02 Å². The lowest BCUT2D eigenvalue weighted by Crippen LogP contribution is -2.56. The van der Waals surface area contributed by atoms with E-state index in [9.17, 15) is 9.59 Å². The average molecular weight is 351 g/mol. The number of hydrogen-bond acceptors (Lipinski definition) is 4. The number of carbonyl (C=O) groups is 2. The number of hydrogen-bond donors (Lipinski definition) is 1. The summed E-state index contributed by atoms with van der Waals surface area (Å²) in [5.41, 5.74) is 0.743. The molecular formula is C17H19ClN2O4. The maximum Gasteiger partial charge on any atom is 0.247 e. The molecule has 0 spiro atoms. The first-order valence-electron chi connectivity index (χ1n) is 7.95. The zero-order valence-electron chi connectivity index (χ0n) is 13.4. The molecule has 1 atom stereocenters. The minimum atomic E-state index is -0.417. The molecule has 2 amide bonds. The Bertz CT molecular complexity index is 689. The molecule has 7 heteroatoms. The van der Waals surface area contributed by atoms with Crippen LogP contribution in [0, 0.1) is 0 Å². The molecule has 1 unspecified atom stereocenters. The third-order valence-electron chi connectivity index (χ3n) is 4.04. The first-order chi connectivity index (χ1) is 11.6. The van der Waals surface area contributed by atoms with Gasteiger partial charge in [-0.15, -0.1) is 0 Å². The van der Waals surface area contributed by atoms with Crippen LogP contribution in [0.5, 0.6) is 11.5 Å². The van der Waals surface area contributed by atoms with Gasteiger partial charge in [0.1, 0.15) is 19.3 Å². The number of fused-ring (bicyclic) bond motifs is 1. The van der Waals surface area contributed by atoms with Gasteiger partial charge in [0.25, 0.3) is 0 Å². The largest absolute Gasteiger partial charge is 0.486 e. The number of halogens is 1. The van der Waals surface area contributed by atoms with Gasteiger partial charge in [-0.1, -0.05) is 18.5 Å². The lowest BCUT2D eigenvalue weighted by Gasteiger charge is -2.33. The molecule has 1 N–H and O–H groups in total. The van der Waals surface area contributed by atoms with Crippen LogP contribution in [0.3, 0.4) is 0 Å². The Morgan fingerprint density at radius 3 is 3.00 bits per heavy atom. The van der Waals surface area contributed by atoms with Gasteiger partial charge in [0.2, 0.25) is 11.8 Å². The molecule has 128 valence electrons. The molecule has 1 aromatic carbocycles. The Balaban J connectivity index is 1.76. The van der Waals surface area contributed by atoms with E-state index in [-0.39, 0.29) is 11.8 Å². The van der Waals surface area contributed by atoms with E-state index in [2.05, 4.69) is 5.32 Å². The van der Waals surface area contributed by atoms with Crippen LogP contribution in [-0.4, -0.2) is 49.1 Å². The third kappa shape index (κ3) is 3.33. The molecule has 0 radical (unpaired) electrons. The SMILES string of the molecule is CCC1C(=O)NCCN1C(=O)/C=C/c1cc(Cl)c2c(c1)OCCO2. The summed E-state index contributed by atoms with van der Waals surface area (Å²) in [5, 5.41) is 3.23. The monoisotopic (exact) mass is 350 g/mol. The fourth-order valence-corrected chi connectivity index (χ4v) is 3.15. The second kappa shape index (κ2) is 7.13. The van der Waals surface area contributed by atoms with Crippen LogP contribution in [0.15, 0.2) is 18.2 Å². The average Bonchev–Trinajstić information content (AvgIpc) is 2.59. The molecule has 2 heterocycles. The molecule has 1 fully saturated rings. The summed E-state index contributed by atoms with van der Waals surface area (Å²) in [6, 6.07) is 3.09. The highest BCUT2D eigenvalue weighted by molar-refractivity contribution is 6.32. The van der Waals surface area contributed by atoms with Crippen molar-refractivity contribution in [2.75, 3.05) is 26.3 Å². The molecule has 0 aliphatic carbocycles. The van der Waals surface area contributed by atoms with E-state index in [1.807, 2.05) is 6.92 Å². The fraction of sp³-hybridized carbons (Fsp3) is 0.412. The van der Waals surface area contributed by atoms with Crippen molar-refractivity contribution in [3.63, 3.8) is 0 Å². The van der Waals surface area contributed by atoms with Gasteiger partial charge in [-0.25, -0.2) is 0 Å². The topological polar surface area (TPSA) is 67.9 Å². The minimum absolute atomic E-state index is 0.104. The van der Waals surface area contributed by atoms with Crippen molar-refractivity contribution in [2.45, 2.75) is 19.4 Å². The summed E-state index contributed by atoms with van der Waals surface area (Å²) >= 11 is 6.19. The molecule has 0 saturated carbocycles. The molecule has 1 aromatic rings. The van der Waals surface area contributed by atoms with Crippen LogP contribution in [0.1, 0.15) is 18.9 Å². The number of amides is 2. The van der Waals surface area contributed by atoms with Gasteiger partial charge in [-0.2, -0.15) is 0 Å². The Labute approximate surface area is 145 Å². The van der Waals surface area contributed by atoms with Crippen LogP contribution in [0.25, 0.3) is 6.08 Å². The van der Waals surface area contributed by atoms with Crippen molar-refractivity contribution in [3.05, 3.63) is 28.8 Å². The van der Waals surface area contributed by atoms with Crippen LogP contribution >= 0.6 is 11.6 Å². The highest BCUT2D eigenvalue weighted by atomic mass is 35.5. The number of piperazine rings is 1. The summed E-state index contributed by atoms with van der Waals surface area (Å²) in [4.78, 5) is 25.9. The number of ether oxygens (including phenoxy) is 2. The summed E-state index contributed by atoms with van der Waals surface area (Å²) in [7, 11) is 0. The summed E-state index contributed by atoms with van der Waals surface area (Å²) < 4.78 is 11.0. The Morgan fingerprint density at radius 1 is 1.42 bits per heavy atom. The third-order valence-corrected chi connectivity index (χ3v) is 4.32. The van der Waals surface area contributed by atoms with Crippen molar-refractivity contribution < 1.29 is 19.1 Å². The molecule has 2 aliphatic rings. The van der Waals surface area contributed by atoms with Crippen molar-refractivity contribution >= 4 is 29.5 Å². The van der Waals surface area contributed by atoms with E-state index in [0.29, 0.717) is 49.2 Å². The standard InChI is InChI=1S/C17H19ClN2O4/c1-2-13-17(22)19-5-6-20(13)15(21)4-3-11-9-12(18)16-14(10-11)23-7-8-24-16/h3-4,9-10,13H,2,5-8H2,1H3,(H,19,22)/b4-3+. The highest BCUT2D eigenvalue weighted by Crippen LogP contribution is 2.38. The Kier molecular flexibility index (Phi) is 4.94. The van der Waals surface area contributed by atoms with Crippen molar-refractivity contribution in [1.29, 1.82) is 0 Å². The van der Waals surface area contributed by atoms with Crippen LogP contribution in [0.2, 0.25) is 5.02 Å². The van der Waals surface area contributed by atoms with E-state index in [4.69, 9.17) is 21.1 Å². The van der Waals surface area contributed by atoms with Crippen molar-refractivity contribution in [2.24, 2.45) is 0 Å². The molecule has 6 nitrogen and oxygen atoms in total. The molecule has 3 rings (SSSR count). The first kappa shape index (κ1) is 16.6. The maximum atomic E-state index is 12.4. The summed E-state index contributed by atoms with van der Waals surface area (Å²) in [5.74, 6) is 0.811. The van der Waals surface area contributed by atoms with Crippen LogP contribution in [-0.2, 0) is 9.59 Å². The number of rotatable bonds is 3. The van der Waals surface area contributed by atoms with E-state index < -0.39 is 6.04 Å². The Hall–Kier alpha value is -2.21. The van der Waals surface area contributed by atoms with Crippen LogP contribution < -0.4 is 14.8 Å². The Morgan fingerprint density at radius 2 is 2.21 bits per heavy atom. The fourth-order valence-electron chi connectivity index (χ4n) is 2.87. The first-order valence-corrected chi connectivity index (χ1v) is 8.33. The van der Waals surface area contributed by atoms with Gasteiger partial charge in [0.15, 0.2) is 11.5 Å². The van der Waals surface area contributed by atoms with Gasteiger partial charge < -0.3 is 19.7 Å². The molecular weight excluding hydrogens is 332 g/mol. The number of nitrogens with zero attached hydrogens (tertiary/aromatic N) is 1. The van der Waals surface area contributed by atoms with E-state index in [0.717, 1.165) is 5.56 Å². The van der Waals surface area contributed by atoms with Crippen LogP contribution in [0.4, 0.5) is 0 Å². The van der Waals surface area contributed by atoms with E-state index in [1.165, 1.54) is 6.08 Å². The second-order valence-corrected chi connectivity index (χ2v) is 6.01. The highest BCUT2D eigenvalue weighted by Gasteiger charge is 2.30.